The predicted molar refractivity (Wildman–Crippen MR) is 78.0 cm³/mol. The van der Waals surface area contributed by atoms with Gasteiger partial charge in [-0.2, -0.15) is 0 Å². The van der Waals surface area contributed by atoms with E-state index in [1.165, 1.54) is 12.6 Å². The molecule has 1 fully saturated rings. The molecular formula is C13H24N4O2S. The zero-order valence-corrected chi connectivity index (χ0v) is 13.3. The molecule has 1 heterocycles. The maximum Gasteiger partial charge on any atom is 0.257 e. The highest BCUT2D eigenvalue weighted by atomic mass is 32.2. The molecule has 1 saturated carbocycles. The van der Waals surface area contributed by atoms with Crippen LogP contribution in [0, 0.1) is 6.92 Å². The van der Waals surface area contributed by atoms with Crippen molar-refractivity contribution in [3.8, 4) is 0 Å². The van der Waals surface area contributed by atoms with E-state index in [0.29, 0.717) is 12.4 Å². The van der Waals surface area contributed by atoms with Gasteiger partial charge in [0.25, 0.3) is 10.0 Å². The lowest BCUT2D eigenvalue weighted by Crippen LogP contribution is -2.53. The number of nitrogens with zero attached hydrogens (tertiary/aromatic N) is 2. The molecule has 1 aromatic heterocycles. The van der Waals surface area contributed by atoms with Crippen LogP contribution in [-0.4, -0.2) is 49.5 Å². The van der Waals surface area contributed by atoms with Crippen LogP contribution in [0.15, 0.2) is 11.2 Å². The van der Waals surface area contributed by atoms with Gasteiger partial charge in [0.05, 0.1) is 6.20 Å². The van der Waals surface area contributed by atoms with Gasteiger partial charge in [-0.05, 0) is 33.9 Å². The van der Waals surface area contributed by atoms with E-state index < -0.39 is 10.0 Å². The first kappa shape index (κ1) is 15.5. The van der Waals surface area contributed by atoms with Gasteiger partial charge >= 0.3 is 0 Å². The molecule has 0 unspecified atom stereocenters. The fourth-order valence-corrected chi connectivity index (χ4v) is 3.92. The van der Waals surface area contributed by atoms with E-state index >= 15 is 0 Å². The molecule has 2 N–H and O–H groups in total. The number of likely N-dealkylation sites (N-methyl/N-ethyl adjacent to an activating group) is 1. The lowest BCUT2D eigenvalue weighted by Gasteiger charge is -2.43. The van der Waals surface area contributed by atoms with Crippen LogP contribution in [0.1, 0.15) is 37.9 Å². The Balaban J connectivity index is 2.09. The number of imidazole rings is 1. The van der Waals surface area contributed by atoms with Crippen LogP contribution in [0.5, 0.6) is 0 Å². The minimum atomic E-state index is -3.51. The average molecular weight is 300 g/mol. The van der Waals surface area contributed by atoms with Gasteiger partial charge in [-0.3, -0.25) is 0 Å². The summed E-state index contributed by atoms with van der Waals surface area (Å²) in [6.07, 6.45) is 6.98. The Labute approximate surface area is 121 Å². The van der Waals surface area contributed by atoms with Gasteiger partial charge in [0, 0.05) is 12.1 Å². The number of aryl methyl sites for hydroxylation is 1. The van der Waals surface area contributed by atoms with Crippen LogP contribution in [0.2, 0.25) is 0 Å². The SMILES string of the molecule is Cc1ncc(S(=O)(=O)NCC2(N(C)C)CCCCC2)[nH]1. The first-order valence-corrected chi connectivity index (χ1v) is 8.53. The molecule has 0 spiro atoms. The first-order chi connectivity index (χ1) is 9.36. The zero-order valence-electron chi connectivity index (χ0n) is 12.4. The van der Waals surface area contributed by atoms with E-state index in [4.69, 9.17) is 0 Å². The summed E-state index contributed by atoms with van der Waals surface area (Å²) in [5, 5.41) is 0.139. The molecule has 20 heavy (non-hydrogen) atoms. The van der Waals surface area contributed by atoms with Crippen molar-refractivity contribution in [2.75, 3.05) is 20.6 Å². The second-order valence-electron chi connectivity index (χ2n) is 5.84. The number of aromatic nitrogens is 2. The maximum absolute atomic E-state index is 12.3. The van der Waals surface area contributed by atoms with Crippen LogP contribution in [-0.2, 0) is 10.0 Å². The largest absolute Gasteiger partial charge is 0.332 e. The maximum atomic E-state index is 12.3. The van der Waals surface area contributed by atoms with Crippen molar-refractivity contribution in [2.24, 2.45) is 0 Å². The van der Waals surface area contributed by atoms with Crippen molar-refractivity contribution in [3.63, 3.8) is 0 Å². The summed E-state index contributed by atoms with van der Waals surface area (Å²) in [6, 6.07) is 0. The highest BCUT2D eigenvalue weighted by Gasteiger charge is 2.35. The Morgan fingerprint density at radius 1 is 1.35 bits per heavy atom. The molecule has 0 atom stereocenters. The molecule has 0 bridgehead atoms. The van der Waals surface area contributed by atoms with Crippen LogP contribution in [0.25, 0.3) is 0 Å². The molecular weight excluding hydrogens is 276 g/mol. The van der Waals surface area contributed by atoms with Crippen LogP contribution in [0.3, 0.4) is 0 Å². The van der Waals surface area contributed by atoms with Gasteiger partial charge in [0.1, 0.15) is 5.82 Å². The van der Waals surface area contributed by atoms with E-state index in [1.54, 1.807) is 6.92 Å². The molecule has 0 aromatic carbocycles. The average Bonchev–Trinajstić information content (AvgIpc) is 2.85. The Morgan fingerprint density at radius 2 is 2.00 bits per heavy atom. The number of nitrogens with one attached hydrogen (secondary N) is 2. The quantitative estimate of drug-likeness (QED) is 0.858. The van der Waals surface area contributed by atoms with Gasteiger partial charge in [0.2, 0.25) is 0 Å². The molecule has 1 aliphatic carbocycles. The van der Waals surface area contributed by atoms with Crippen LogP contribution < -0.4 is 4.72 Å². The first-order valence-electron chi connectivity index (χ1n) is 7.04. The Bertz CT molecular complexity index is 544. The molecule has 114 valence electrons. The Morgan fingerprint density at radius 3 is 2.50 bits per heavy atom. The standard InChI is InChI=1S/C13H24N4O2S/c1-11-14-9-12(16-11)20(18,19)15-10-13(17(2)3)7-5-4-6-8-13/h9,15H,4-8,10H2,1-3H3,(H,14,16). The van der Waals surface area contributed by atoms with Crippen molar-refractivity contribution in [3.05, 3.63) is 12.0 Å². The molecule has 1 aromatic rings. The number of H-pyrrole nitrogens is 1. The summed E-state index contributed by atoms with van der Waals surface area (Å²) in [7, 11) is 0.550. The van der Waals surface area contributed by atoms with E-state index in [9.17, 15) is 8.42 Å². The highest BCUT2D eigenvalue weighted by molar-refractivity contribution is 7.89. The van der Waals surface area contributed by atoms with Crippen molar-refractivity contribution in [1.82, 2.24) is 19.6 Å². The van der Waals surface area contributed by atoms with E-state index in [1.807, 2.05) is 14.1 Å². The topological polar surface area (TPSA) is 78.1 Å². The van der Waals surface area contributed by atoms with Gasteiger partial charge in [0.15, 0.2) is 5.03 Å². The predicted octanol–water partition coefficient (Wildman–Crippen LogP) is 1.26. The van der Waals surface area contributed by atoms with Gasteiger partial charge in [-0.25, -0.2) is 18.1 Å². The summed E-state index contributed by atoms with van der Waals surface area (Å²) in [5.41, 5.74) is -0.0691. The van der Waals surface area contributed by atoms with Gasteiger partial charge in [-0.1, -0.05) is 19.3 Å². The third-order valence-corrected chi connectivity index (χ3v) is 5.60. The van der Waals surface area contributed by atoms with Gasteiger partial charge < -0.3 is 9.88 Å². The summed E-state index contributed by atoms with van der Waals surface area (Å²) in [6.45, 7) is 2.18. The number of aromatic amines is 1. The molecule has 0 radical (unpaired) electrons. The lowest BCUT2D eigenvalue weighted by molar-refractivity contribution is 0.105. The smallest absolute Gasteiger partial charge is 0.257 e. The lowest BCUT2D eigenvalue weighted by atomic mass is 9.81. The summed E-state index contributed by atoms with van der Waals surface area (Å²) >= 11 is 0. The molecule has 0 aliphatic heterocycles. The minimum Gasteiger partial charge on any atom is -0.332 e. The summed E-state index contributed by atoms with van der Waals surface area (Å²) in [4.78, 5) is 8.88. The Hall–Kier alpha value is -0.920. The van der Waals surface area contributed by atoms with Crippen molar-refractivity contribution in [2.45, 2.75) is 49.6 Å². The fraction of sp³-hybridized carbons (Fsp3) is 0.769. The van der Waals surface area contributed by atoms with Crippen molar-refractivity contribution >= 4 is 10.0 Å². The highest BCUT2D eigenvalue weighted by Crippen LogP contribution is 2.31. The molecule has 2 rings (SSSR count). The Kier molecular flexibility index (Phi) is 4.51. The number of hydrogen-bond donors (Lipinski definition) is 2. The second-order valence-corrected chi connectivity index (χ2v) is 7.57. The zero-order chi connectivity index (χ0) is 14.8. The van der Waals surface area contributed by atoms with Crippen LogP contribution in [0.4, 0.5) is 0 Å². The third kappa shape index (κ3) is 3.21. The minimum absolute atomic E-state index is 0.0691. The molecule has 7 heteroatoms. The summed E-state index contributed by atoms with van der Waals surface area (Å²) in [5.74, 6) is 0.602. The normalized spacial score (nSPS) is 19.4. The van der Waals surface area contributed by atoms with E-state index in [2.05, 4.69) is 19.6 Å². The van der Waals surface area contributed by atoms with Gasteiger partial charge in [-0.15, -0.1) is 0 Å². The fourth-order valence-electron chi connectivity index (χ4n) is 2.83. The molecule has 0 amide bonds. The third-order valence-electron chi connectivity index (χ3n) is 4.29. The van der Waals surface area contributed by atoms with E-state index in [-0.39, 0.29) is 10.6 Å². The molecule has 6 nitrogen and oxygen atoms in total. The van der Waals surface area contributed by atoms with Crippen molar-refractivity contribution in [1.29, 1.82) is 0 Å². The van der Waals surface area contributed by atoms with E-state index in [0.717, 1.165) is 25.7 Å². The number of rotatable bonds is 5. The number of sulfonamides is 1. The monoisotopic (exact) mass is 300 g/mol. The molecule has 1 aliphatic rings. The molecule has 0 saturated heterocycles. The van der Waals surface area contributed by atoms with Crippen molar-refractivity contribution < 1.29 is 8.42 Å². The summed E-state index contributed by atoms with van der Waals surface area (Å²) < 4.78 is 27.2. The second kappa shape index (κ2) is 5.83. The van der Waals surface area contributed by atoms with Crippen LogP contribution >= 0.6 is 0 Å². The number of hydrogen-bond acceptors (Lipinski definition) is 4.